The maximum absolute atomic E-state index is 11.2. The van der Waals surface area contributed by atoms with Gasteiger partial charge in [0.1, 0.15) is 0 Å². The van der Waals surface area contributed by atoms with Gasteiger partial charge >= 0.3 is 5.97 Å². The van der Waals surface area contributed by atoms with Crippen molar-refractivity contribution < 1.29 is 14.3 Å². The number of ether oxygens (including phenoxy) is 2. The maximum Gasteiger partial charge on any atom is 0.305 e. The summed E-state index contributed by atoms with van der Waals surface area (Å²) in [6, 6.07) is 0. The predicted octanol–water partition coefficient (Wildman–Crippen LogP) is 3.26. The molecule has 0 amide bonds. The van der Waals surface area contributed by atoms with Gasteiger partial charge in [-0.25, -0.2) is 0 Å². The van der Waals surface area contributed by atoms with Crippen LogP contribution in [0.1, 0.15) is 71.1 Å². The number of esters is 1. The average molecular weight is 370 g/mol. The summed E-state index contributed by atoms with van der Waals surface area (Å²) in [5.74, 6) is 0.828. The molecule has 0 heterocycles. The predicted molar refractivity (Wildman–Crippen MR) is 106 cm³/mol. The lowest BCUT2D eigenvalue weighted by atomic mass is 9.67. The number of rotatable bonds is 14. The zero-order chi connectivity index (χ0) is 19.1. The molecule has 0 aromatic heterocycles. The second-order valence-electron chi connectivity index (χ2n) is 7.27. The largest absolute Gasteiger partial charge is 0.466 e. The molecule has 1 aliphatic carbocycles. The van der Waals surface area contributed by atoms with Gasteiger partial charge in [-0.3, -0.25) is 9.79 Å². The van der Waals surface area contributed by atoms with Crippen molar-refractivity contribution in [2.75, 3.05) is 40.5 Å². The molecule has 6 heteroatoms. The summed E-state index contributed by atoms with van der Waals surface area (Å²) in [6.45, 7) is 5.07. The molecule has 1 aliphatic rings. The van der Waals surface area contributed by atoms with Gasteiger partial charge in [0.25, 0.3) is 0 Å². The zero-order valence-corrected chi connectivity index (χ0v) is 17.1. The fourth-order valence-electron chi connectivity index (χ4n) is 3.37. The molecule has 0 spiro atoms. The molecule has 0 aliphatic heterocycles. The van der Waals surface area contributed by atoms with Crippen LogP contribution in [0, 0.1) is 5.41 Å². The van der Waals surface area contributed by atoms with Crippen LogP contribution in [-0.2, 0) is 14.3 Å². The third-order valence-corrected chi connectivity index (χ3v) is 5.26. The molecule has 2 N–H and O–H groups in total. The number of hydrogen-bond donors (Lipinski definition) is 2. The van der Waals surface area contributed by atoms with Gasteiger partial charge in [-0.2, -0.15) is 0 Å². The van der Waals surface area contributed by atoms with Crippen LogP contribution in [0.4, 0.5) is 0 Å². The Morgan fingerprint density at radius 3 is 2.46 bits per heavy atom. The number of carbonyl (C=O) groups is 1. The Kier molecular flexibility index (Phi) is 12.1. The highest BCUT2D eigenvalue weighted by Gasteiger charge is 2.36. The van der Waals surface area contributed by atoms with E-state index >= 15 is 0 Å². The minimum absolute atomic E-state index is 0.0706. The summed E-state index contributed by atoms with van der Waals surface area (Å²) in [4.78, 5) is 15.6. The number of nitrogens with one attached hydrogen (secondary N) is 2. The molecule has 1 rings (SSSR count). The molecule has 0 atom stereocenters. The summed E-state index contributed by atoms with van der Waals surface area (Å²) >= 11 is 0. The van der Waals surface area contributed by atoms with Crippen molar-refractivity contribution in [3.05, 3.63) is 0 Å². The molecule has 1 saturated carbocycles. The molecule has 0 bridgehead atoms. The fourth-order valence-corrected chi connectivity index (χ4v) is 3.37. The van der Waals surface area contributed by atoms with Crippen molar-refractivity contribution in [3.8, 4) is 0 Å². The summed E-state index contributed by atoms with van der Waals surface area (Å²) in [5.41, 5.74) is 0.395. The molecule has 0 radical (unpaired) electrons. The first-order valence-corrected chi connectivity index (χ1v) is 10.2. The number of aliphatic imine (C=N–C) groups is 1. The monoisotopic (exact) mass is 369 g/mol. The first-order chi connectivity index (χ1) is 12.7. The smallest absolute Gasteiger partial charge is 0.305 e. The van der Waals surface area contributed by atoms with E-state index in [9.17, 15) is 4.79 Å². The number of nitrogens with zero attached hydrogens (tertiary/aromatic N) is 1. The number of guanidine groups is 1. The van der Waals surface area contributed by atoms with E-state index in [1.54, 1.807) is 7.11 Å². The molecule has 0 saturated heterocycles. The maximum atomic E-state index is 11.2. The first-order valence-electron chi connectivity index (χ1n) is 10.2. The van der Waals surface area contributed by atoms with E-state index in [1.807, 2.05) is 14.0 Å². The Hall–Kier alpha value is -1.30. The average Bonchev–Trinajstić information content (AvgIpc) is 2.61. The van der Waals surface area contributed by atoms with Gasteiger partial charge in [0.15, 0.2) is 5.96 Å². The van der Waals surface area contributed by atoms with Crippen LogP contribution in [0.5, 0.6) is 0 Å². The Bertz CT molecular complexity index is 409. The van der Waals surface area contributed by atoms with E-state index in [0.29, 0.717) is 18.4 Å². The normalized spacial score (nSPS) is 16.0. The minimum Gasteiger partial charge on any atom is -0.466 e. The van der Waals surface area contributed by atoms with Crippen LogP contribution in [0.25, 0.3) is 0 Å². The lowest BCUT2D eigenvalue weighted by Gasteiger charge is -2.42. The third-order valence-electron chi connectivity index (χ3n) is 5.26. The van der Waals surface area contributed by atoms with E-state index < -0.39 is 0 Å². The second-order valence-corrected chi connectivity index (χ2v) is 7.27. The SMILES string of the molecule is CCOC(=O)CCCCCCCNC(=NC)NCC1(CCOC)CCC1. The highest BCUT2D eigenvalue weighted by atomic mass is 16.5. The highest BCUT2D eigenvalue weighted by molar-refractivity contribution is 5.79. The Morgan fingerprint density at radius 2 is 1.85 bits per heavy atom. The van der Waals surface area contributed by atoms with Gasteiger partial charge < -0.3 is 20.1 Å². The van der Waals surface area contributed by atoms with Gasteiger partial charge in [-0.05, 0) is 44.4 Å². The summed E-state index contributed by atoms with van der Waals surface area (Å²) in [7, 11) is 3.60. The van der Waals surface area contributed by atoms with Gasteiger partial charge in [0, 0.05) is 40.3 Å². The van der Waals surface area contributed by atoms with Gasteiger partial charge in [0.2, 0.25) is 0 Å². The minimum atomic E-state index is -0.0706. The summed E-state index contributed by atoms with van der Waals surface area (Å²) < 4.78 is 10.2. The molecule has 26 heavy (non-hydrogen) atoms. The van der Waals surface area contributed by atoms with Gasteiger partial charge in [-0.15, -0.1) is 0 Å². The molecular weight excluding hydrogens is 330 g/mol. The molecule has 0 aromatic rings. The van der Waals surface area contributed by atoms with Crippen molar-refractivity contribution in [1.29, 1.82) is 0 Å². The summed E-state index contributed by atoms with van der Waals surface area (Å²) in [5, 5.41) is 6.89. The van der Waals surface area contributed by atoms with Gasteiger partial charge in [-0.1, -0.05) is 25.7 Å². The lowest BCUT2D eigenvalue weighted by molar-refractivity contribution is -0.143. The van der Waals surface area contributed by atoms with Crippen LogP contribution in [0.3, 0.4) is 0 Å². The Morgan fingerprint density at radius 1 is 1.12 bits per heavy atom. The van der Waals surface area contributed by atoms with Crippen LogP contribution in [0.15, 0.2) is 4.99 Å². The lowest BCUT2D eigenvalue weighted by Crippen LogP contribution is -2.47. The number of carbonyl (C=O) groups excluding carboxylic acids is 1. The first kappa shape index (κ1) is 22.7. The zero-order valence-electron chi connectivity index (χ0n) is 17.1. The number of methoxy groups -OCH3 is 1. The standard InChI is InChI=1S/C20H39N3O3/c1-4-26-18(24)11-8-6-5-7-9-15-22-19(21-2)23-17-20(12-10-13-20)14-16-25-3/h4-17H2,1-3H3,(H2,21,22,23). The fraction of sp³-hybridized carbons (Fsp3) is 0.900. The quantitative estimate of drug-likeness (QED) is 0.213. The Balaban J connectivity index is 2.03. The third kappa shape index (κ3) is 9.41. The van der Waals surface area contributed by atoms with E-state index in [1.165, 1.54) is 25.7 Å². The van der Waals surface area contributed by atoms with E-state index in [4.69, 9.17) is 9.47 Å². The van der Waals surface area contributed by atoms with Crippen LogP contribution in [-0.4, -0.2) is 52.4 Å². The van der Waals surface area contributed by atoms with Crippen LogP contribution in [0.2, 0.25) is 0 Å². The van der Waals surface area contributed by atoms with E-state index in [0.717, 1.165) is 57.8 Å². The van der Waals surface area contributed by atoms with E-state index in [-0.39, 0.29) is 5.97 Å². The van der Waals surface area contributed by atoms with E-state index in [2.05, 4.69) is 15.6 Å². The number of unbranched alkanes of at least 4 members (excludes halogenated alkanes) is 4. The topological polar surface area (TPSA) is 72.0 Å². The molecule has 0 aromatic carbocycles. The number of hydrogen-bond acceptors (Lipinski definition) is 4. The molecule has 6 nitrogen and oxygen atoms in total. The molecule has 0 unspecified atom stereocenters. The van der Waals surface area contributed by atoms with Crippen molar-refractivity contribution >= 4 is 11.9 Å². The van der Waals surface area contributed by atoms with Crippen LogP contribution >= 0.6 is 0 Å². The highest BCUT2D eigenvalue weighted by Crippen LogP contribution is 2.43. The second kappa shape index (κ2) is 13.8. The molecule has 152 valence electrons. The molecule has 1 fully saturated rings. The van der Waals surface area contributed by atoms with Gasteiger partial charge in [0.05, 0.1) is 6.61 Å². The molecular formula is C20H39N3O3. The van der Waals surface area contributed by atoms with Crippen molar-refractivity contribution in [2.45, 2.75) is 71.1 Å². The van der Waals surface area contributed by atoms with Crippen LogP contribution < -0.4 is 10.6 Å². The van der Waals surface area contributed by atoms with Crippen molar-refractivity contribution in [1.82, 2.24) is 10.6 Å². The summed E-state index contributed by atoms with van der Waals surface area (Å²) in [6.07, 6.45) is 11.0. The Labute approximate surface area is 159 Å². The van der Waals surface area contributed by atoms with Crippen molar-refractivity contribution in [2.24, 2.45) is 10.4 Å². The van der Waals surface area contributed by atoms with Crippen molar-refractivity contribution in [3.63, 3.8) is 0 Å².